The minimum atomic E-state index is -0.371. The molecule has 24 heavy (non-hydrogen) atoms. The van der Waals surface area contributed by atoms with Crippen LogP contribution in [-0.4, -0.2) is 18.1 Å². The topological polar surface area (TPSA) is 39.2 Å². The van der Waals surface area contributed by atoms with Crippen molar-refractivity contribution < 1.29 is 9.53 Å². The van der Waals surface area contributed by atoms with Crippen molar-refractivity contribution in [3.63, 3.8) is 0 Å². The van der Waals surface area contributed by atoms with Crippen LogP contribution in [0.2, 0.25) is 0 Å². The summed E-state index contributed by atoms with van der Waals surface area (Å²) in [6, 6.07) is 21.0. The Kier molecular flexibility index (Phi) is 4.69. The molecular formula is C21H15NO2. The summed E-state index contributed by atoms with van der Waals surface area (Å²) in [7, 11) is 1.36. The van der Waals surface area contributed by atoms with Gasteiger partial charge in [0.25, 0.3) is 0 Å². The van der Waals surface area contributed by atoms with Gasteiger partial charge in [0.2, 0.25) is 0 Å². The van der Waals surface area contributed by atoms with Crippen molar-refractivity contribution >= 4 is 5.97 Å². The molecule has 1 heterocycles. The first-order chi connectivity index (χ1) is 11.8. The first-order valence-electron chi connectivity index (χ1n) is 7.48. The molecule has 0 atom stereocenters. The summed E-state index contributed by atoms with van der Waals surface area (Å²) < 4.78 is 4.74. The molecule has 0 saturated carbocycles. The number of esters is 1. The number of carbonyl (C=O) groups excluding carboxylic acids is 1. The quantitative estimate of drug-likeness (QED) is 0.531. The van der Waals surface area contributed by atoms with Gasteiger partial charge in [0.15, 0.2) is 0 Å². The van der Waals surface area contributed by atoms with E-state index in [-0.39, 0.29) is 5.97 Å². The summed E-state index contributed by atoms with van der Waals surface area (Å²) in [4.78, 5) is 15.9. The van der Waals surface area contributed by atoms with Crippen molar-refractivity contribution in [3.8, 4) is 23.1 Å². The summed E-state index contributed by atoms with van der Waals surface area (Å²) in [5.74, 6) is 5.89. The molecule has 0 spiro atoms. The summed E-state index contributed by atoms with van der Waals surface area (Å²) in [6.45, 7) is 0. The molecule has 3 rings (SSSR count). The van der Waals surface area contributed by atoms with Crippen LogP contribution in [0.25, 0.3) is 11.3 Å². The lowest BCUT2D eigenvalue weighted by atomic mass is 10.1. The van der Waals surface area contributed by atoms with Gasteiger partial charge in [0.1, 0.15) is 0 Å². The second kappa shape index (κ2) is 7.26. The summed E-state index contributed by atoms with van der Waals surface area (Å²) in [5.41, 5.74) is 4.03. The fraction of sp³-hybridized carbons (Fsp3) is 0.0476. The molecule has 0 N–H and O–H groups in total. The average Bonchev–Trinajstić information content (AvgIpc) is 2.67. The van der Waals surface area contributed by atoms with E-state index in [9.17, 15) is 4.79 Å². The van der Waals surface area contributed by atoms with Crippen LogP contribution >= 0.6 is 0 Å². The number of ether oxygens (including phenoxy) is 1. The maximum absolute atomic E-state index is 11.6. The standard InChI is InChI=1S/C21H15NO2/c1-24-21(23)19-13-14-22-20(15-19)18-11-9-17(10-12-18)8-7-16-5-3-2-4-6-16/h2-6,9-15H,1H3. The molecule has 3 aromatic rings. The second-order valence-corrected chi connectivity index (χ2v) is 5.11. The molecule has 0 unspecified atom stereocenters. The van der Waals surface area contributed by atoms with E-state index in [1.54, 1.807) is 18.3 Å². The minimum absolute atomic E-state index is 0.371. The van der Waals surface area contributed by atoms with Gasteiger partial charge in [-0.05, 0) is 36.4 Å². The van der Waals surface area contributed by atoms with Crippen LogP contribution in [0.4, 0.5) is 0 Å². The Morgan fingerprint density at radius 3 is 2.25 bits per heavy atom. The second-order valence-electron chi connectivity index (χ2n) is 5.11. The van der Waals surface area contributed by atoms with Gasteiger partial charge in [0.05, 0.1) is 18.4 Å². The largest absolute Gasteiger partial charge is 0.465 e. The van der Waals surface area contributed by atoms with E-state index in [1.807, 2.05) is 54.6 Å². The number of benzene rings is 2. The molecule has 0 bridgehead atoms. The Hall–Kier alpha value is -3.38. The third-order valence-electron chi connectivity index (χ3n) is 3.49. The molecule has 0 aliphatic rings. The van der Waals surface area contributed by atoms with Crippen molar-refractivity contribution in [2.45, 2.75) is 0 Å². The summed E-state index contributed by atoms with van der Waals surface area (Å²) >= 11 is 0. The number of nitrogens with zero attached hydrogens (tertiary/aromatic N) is 1. The number of carbonyl (C=O) groups is 1. The van der Waals surface area contributed by atoms with Crippen molar-refractivity contribution in [3.05, 3.63) is 89.6 Å². The zero-order chi connectivity index (χ0) is 16.8. The Labute approximate surface area is 140 Å². The predicted octanol–water partition coefficient (Wildman–Crippen LogP) is 3.94. The van der Waals surface area contributed by atoms with Crippen LogP contribution < -0.4 is 0 Å². The van der Waals surface area contributed by atoms with Gasteiger partial charge in [-0.2, -0.15) is 0 Å². The molecule has 0 fully saturated rings. The predicted molar refractivity (Wildman–Crippen MR) is 93.4 cm³/mol. The zero-order valence-electron chi connectivity index (χ0n) is 13.2. The molecule has 116 valence electrons. The van der Waals surface area contributed by atoms with Gasteiger partial charge >= 0.3 is 5.97 Å². The van der Waals surface area contributed by atoms with Gasteiger partial charge in [-0.25, -0.2) is 4.79 Å². The smallest absolute Gasteiger partial charge is 0.337 e. The molecule has 3 nitrogen and oxygen atoms in total. The summed E-state index contributed by atoms with van der Waals surface area (Å²) in [5, 5.41) is 0. The van der Waals surface area contributed by atoms with Crippen LogP contribution in [0.3, 0.4) is 0 Å². The highest BCUT2D eigenvalue weighted by Crippen LogP contribution is 2.18. The molecule has 0 radical (unpaired) electrons. The number of hydrogen-bond acceptors (Lipinski definition) is 3. The van der Waals surface area contributed by atoms with Crippen LogP contribution in [0.5, 0.6) is 0 Å². The Bertz CT molecular complexity index is 904. The van der Waals surface area contributed by atoms with Crippen LogP contribution in [0.1, 0.15) is 21.5 Å². The van der Waals surface area contributed by atoms with E-state index in [2.05, 4.69) is 16.8 Å². The first-order valence-corrected chi connectivity index (χ1v) is 7.48. The maximum Gasteiger partial charge on any atom is 0.337 e. The van der Waals surface area contributed by atoms with E-state index in [0.717, 1.165) is 22.4 Å². The lowest BCUT2D eigenvalue weighted by Gasteiger charge is -2.03. The molecule has 0 amide bonds. The molecule has 0 aliphatic heterocycles. The van der Waals surface area contributed by atoms with E-state index >= 15 is 0 Å². The number of aromatic nitrogens is 1. The normalized spacial score (nSPS) is 9.71. The fourth-order valence-corrected chi connectivity index (χ4v) is 2.22. The maximum atomic E-state index is 11.6. The highest BCUT2D eigenvalue weighted by atomic mass is 16.5. The van der Waals surface area contributed by atoms with E-state index in [1.165, 1.54) is 7.11 Å². The highest BCUT2D eigenvalue weighted by molar-refractivity contribution is 5.90. The third kappa shape index (κ3) is 3.68. The lowest BCUT2D eigenvalue weighted by molar-refractivity contribution is 0.0600. The average molecular weight is 313 g/mol. The van der Waals surface area contributed by atoms with Gasteiger partial charge in [-0.1, -0.05) is 42.2 Å². The van der Waals surface area contributed by atoms with Crippen LogP contribution in [0, 0.1) is 11.8 Å². The number of rotatable bonds is 2. The highest BCUT2D eigenvalue weighted by Gasteiger charge is 2.07. The Morgan fingerprint density at radius 2 is 1.58 bits per heavy atom. The third-order valence-corrected chi connectivity index (χ3v) is 3.49. The molecule has 1 aromatic heterocycles. The van der Waals surface area contributed by atoms with E-state index in [0.29, 0.717) is 5.56 Å². The Morgan fingerprint density at radius 1 is 0.917 bits per heavy atom. The molecule has 0 saturated heterocycles. The van der Waals surface area contributed by atoms with Crippen LogP contribution in [0.15, 0.2) is 72.9 Å². The fourth-order valence-electron chi connectivity index (χ4n) is 2.22. The SMILES string of the molecule is COC(=O)c1ccnc(-c2ccc(C#Cc3ccccc3)cc2)c1. The minimum Gasteiger partial charge on any atom is -0.465 e. The van der Waals surface area contributed by atoms with Crippen molar-refractivity contribution in [1.29, 1.82) is 0 Å². The lowest BCUT2D eigenvalue weighted by Crippen LogP contribution is -2.01. The van der Waals surface area contributed by atoms with Gasteiger partial charge in [0, 0.05) is 22.9 Å². The Balaban J connectivity index is 1.83. The molecule has 3 heteroatoms. The van der Waals surface area contributed by atoms with Crippen LogP contribution in [-0.2, 0) is 4.74 Å². The molecule has 0 aliphatic carbocycles. The first kappa shape index (κ1) is 15.5. The van der Waals surface area contributed by atoms with Gasteiger partial charge in [-0.15, -0.1) is 0 Å². The summed E-state index contributed by atoms with van der Waals surface area (Å²) in [6.07, 6.45) is 1.60. The number of pyridine rings is 1. The number of methoxy groups -OCH3 is 1. The zero-order valence-corrected chi connectivity index (χ0v) is 13.2. The molecule has 2 aromatic carbocycles. The van der Waals surface area contributed by atoms with E-state index < -0.39 is 0 Å². The van der Waals surface area contributed by atoms with Crippen molar-refractivity contribution in [1.82, 2.24) is 4.98 Å². The van der Waals surface area contributed by atoms with E-state index in [4.69, 9.17) is 4.74 Å². The van der Waals surface area contributed by atoms with Crippen molar-refractivity contribution in [2.24, 2.45) is 0 Å². The number of hydrogen-bond donors (Lipinski definition) is 0. The van der Waals surface area contributed by atoms with Gasteiger partial charge in [-0.3, -0.25) is 4.98 Å². The molecular weight excluding hydrogens is 298 g/mol. The van der Waals surface area contributed by atoms with Crippen molar-refractivity contribution in [2.75, 3.05) is 7.11 Å². The monoisotopic (exact) mass is 313 g/mol. The van der Waals surface area contributed by atoms with Gasteiger partial charge < -0.3 is 4.74 Å².